The number of rotatable bonds is 2. The standard InChI is InChI=1S/C17H13ClO3/c1-10-2-4-11(5-3-10)15-8-14(18)7-12-6-13(17(19)20)9-21-16(12)15/h2-8H,9H2,1H3,(H,19,20). The van der Waals surface area contributed by atoms with Gasteiger partial charge in [-0.3, -0.25) is 0 Å². The van der Waals surface area contributed by atoms with Crippen LogP contribution in [0.25, 0.3) is 17.2 Å². The summed E-state index contributed by atoms with van der Waals surface area (Å²) in [4.78, 5) is 11.1. The molecule has 1 aliphatic rings. The molecule has 0 aliphatic carbocycles. The van der Waals surface area contributed by atoms with Gasteiger partial charge in [0, 0.05) is 16.1 Å². The van der Waals surface area contributed by atoms with E-state index in [9.17, 15) is 4.79 Å². The number of hydrogen-bond donors (Lipinski definition) is 1. The lowest BCUT2D eigenvalue weighted by atomic mass is 9.98. The van der Waals surface area contributed by atoms with Crippen molar-refractivity contribution in [2.24, 2.45) is 0 Å². The summed E-state index contributed by atoms with van der Waals surface area (Å²) in [5.74, 6) is -0.300. The zero-order valence-corrected chi connectivity index (χ0v) is 12.1. The first kappa shape index (κ1) is 13.7. The van der Waals surface area contributed by atoms with Crippen molar-refractivity contribution in [1.82, 2.24) is 0 Å². The van der Waals surface area contributed by atoms with Gasteiger partial charge < -0.3 is 9.84 Å². The molecule has 0 saturated carbocycles. The van der Waals surface area contributed by atoms with Crippen LogP contribution in [-0.4, -0.2) is 17.7 Å². The first-order chi connectivity index (χ1) is 10.0. The summed E-state index contributed by atoms with van der Waals surface area (Å²) < 4.78 is 5.66. The smallest absolute Gasteiger partial charge is 0.335 e. The molecule has 3 nitrogen and oxygen atoms in total. The Balaban J connectivity index is 2.16. The fraction of sp³-hybridized carbons (Fsp3) is 0.118. The number of fused-ring (bicyclic) bond motifs is 1. The third-order valence-corrected chi connectivity index (χ3v) is 3.64. The highest BCUT2D eigenvalue weighted by molar-refractivity contribution is 6.31. The summed E-state index contributed by atoms with van der Waals surface area (Å²) in [6, 6.07) is 11.6. The molecule has 0 atom stereocenters. The van der Waals surface area contributed by atoms with Gasteiger partial charge in [0.2, 0.25) is 0 Å². The summed E-state index contributed by atoms with van der Waals surface area (Å²) in [7, 11) is 0. The number of benzene rings is 2. The Morgan fingerprint density at radius 2 is 1.95 bits per heavy atom. The van der Waals surface area contributed by atoms with Crippen molar-refractivity contribution in [2.75, 3.05) is 6.61 Å². The minimum Gasteiger partial charge on any atom is -0.487 e. The van der Waals surface area contributed by atoms with Crippen molar-refractivity contribution in [2.45, 2.75) is 6.92 Å². The molecule has 0 fully saturated rings. The first-order valence-electron chi connectivity index (χ1n) is 6.52. The largest absolute Gasteiger partial charge is 0.487 e. The Hall–Kier alpha value is -2.26. The van der Waals surface area contributed by atoms with Crippen LogP contribution in [0.15, 0.2) is 42.0 Å². The Bertz CT molecular complexity index is 745. The van der Waals surface area contributed by atoms with Gasteiger partial charge in [-0.2, -0.15) is 0 Å². The molecule has 106 valence electrons. The van der Waals surface area contributed by atoms with E-state index in [-0.39, 0.29) is 12.2 Å². The zero-order valence-electron chi connectivity index (χ0n) is 11.4. The fourth-order valence-electron chi connectivity index (χ4n) is 2.33. The van der Waals surface area contributed by atoms with Gasteiger partial charge in [0.05, 0.1) is 5.57 Å². The second kappa shape index (κ2) is 5.26. The van der Waals surface area contributed by atoms with E-state index in [0.717, 1.165) is 11.1 Å². The summed E-state index contributed by atoms with van der Waals surface area (Å²) in [5.41, 5.74) is 3.95. The number of carbonyl (C=O) groups is 1. The van der Waals surface area contributed by atoms with Gasteiger partial charge in [-0.05, 0) is 30.7 Å². The number of halogens is 1. The quantitative estimate of drug-likeness (QED) is 0.905. The number of ether oxygens (including phenoxy) is 1. The molecule has 21 heavy (non-hydrogen) atoms. The molecule has 4 heteroatoms. The molecule has 3 rings (SSSR count). The molecule has 1 N–H and O–H groups in total. The van der Waals surface area contributed by atoms with Crippen LogP contribution in [0.2, 0.25) is 5.02 Å². The Kier molecular flexibility index (Phi) is 3.43. The van der Waals surface area contributed by atoms with Crippen LogP contribution in [0.5, 0.6) is 5.75 Å². The highest BCUT2D eigenvalue weighted by Crippen LogP contribution is 2.39. The molecule has 2 aromatic carbocycles. The lowest BCUT2D eigenvalue weighted by Crippen LogP contribution is -2.14. The minimum absolute atomic E-state index is 0.0584. The second-order valence-electron chi connectivity index (χ2n) is 5.00. The summed E-state index contributed by atoms with van der Waals surface area (Å²) >= 11 is 6.16. The number of carboxylic acids is 1. The van der Waals surface area contributed by atoms with Crippen molar-refractivity contribution in [3.8, 4) is 16.9 Å². The van der Waals surface area contributed by atoms with Crippen LogP contribution >= 0.6 is 11.6 Å². The van der Waals surface area contributed by atoms with Crippen molar-refractivity contribution in [3.63, 3.8) is 0 Å². The van der Waals surface area contributed by atoms with E-state index in [0.29, 0.717) is 16.3 Å². The van der Waals surface area contributed by atoms with Gasteiger partial charge in [0.25, 0.3) is 0 Å². The van der Waals surface area contributed by atoms with Crippen LogP contribution in [0.3, 0.4) is 0 Å². The molecule has 0 aromatic heterocycles. The average Bonchev–Trinajstić information content (AvgIpc) is 2.46. The number of aryl methyl sites for hydroxylation is 1. The van der Waals surface area contributed by atoms with E-state index in [2.05, 4.69) is 0 Å². The minimum atomic E-state index is -0.975. The van der Waals surface area contributed by atoms with E-state index in [1.165, 1.54) is 5.56 Å². The number of hydrogen-bond acceptors (Lipinski definition) is 2. The summed E-state index contributed by atoms with van der Waals surface area (Å²) in [6.07, 6.45) is 1.62. The van der Waals surface area contributed by atoms with Gasteiger partial charge >= 0.3 is 5.97 Å². The van der Waals surface area contributed by atoms with Crippen molar-refractivity contribution < 1.29 is 14.6 Å². The third-order valence-electron chi connectivity index (χ3n) is 3.42. The van der Waals surface area contributed by atoms with Crippen molar-refractivity contribution in [3.05, 3.63) is 58.1 Å². The average molecular weight is 301 g/mol. The maximum Gasteiger partial charge on any atom is 0.335 e. The molecule has 1 heterocycles. The monoisotopic (exact) mass is 300 g/mol. The van der Waals surface area contributed by atoms with E-state index in [1.807, 2.05) is 37.3 Å². The van der Waals surface area contributed by atoms with Gasteiger partial charge in [-0.15, -0.1) is 0 Å². The molecule has 0 amide bonds. The van der Waals surface area contributed by atoms with Gasteiger partial charge in [-0.25, -0.2) is 4.79 Å². The van der Waals surface area contributed by atoms with Crippen LogP contribution in [0.4, 0.5) is 0 Å². The highest BCUT2D eigenvalue weighted by Gasteiger charge is 2.20. The predicted molar refractivity (Wildman–Crippen MR) is 82.7 cm³/mol. The molecular formula is C17H13ClO3. The SMILES string of the molecule is Cc1ccc(-c2cc(Cl)cc3c2OCC(C(=O)O)=C3)cc1. The fourth-order valence-corrected chi connectivity index (χ4v) is 2.56. The van der Waals surface area contributed by atoms with E-state index < -0.39 is 5.97 Å². The Morgan fingerprint density at radius 1 is 1.24 bits per heavy atom. The van der Waals surface area contributed by atoms with E-state index >= 15 is 0 Å². The van der Waals surface area contributed by atoms with Gasteiger partial charge in [0.1, 0.15) is 12.4 Å². The van der Waals surface area contributed by atoms with Crippen LogP contribution < -0.4 is 4.74 Å². The predicted octanol–water partition coefficient (Wildman–Crippen LogP) is 4.18. The molecule has 0 bridgehead atoms. The molecule has 0 spiro atoms. The number of carboxylic acid groups (broad SMARTS) is 1. The van der Waals surface area contributed by atoms with E-state index in [1.54, 1.807) is 12.1 Å². The lowest BCUT2D eigenvalue weighted by molar-refractivity contribution is -0.132. The molecule has 0 radical (unpaired) electrons. The molecule has 1 aliphatic heterocycles. The molecule has 2 aromatic rings. The normalized spacial score (nSPS) is 13.1. The van der Waals surface area contributed by atoms with Gasteiger partial charge in [0.15, 0.2) is 0 Å². The maximum atomic E-state index is 11.1. The molecule has 0 saturated heterocycles. The van der Waals surface area contributed by atoms with Crippen molar-refractivity contribution in [1.29, 1.82) is 0 Å². The maximum absolute atomic E-state index is 11.1. The van der Waals surface area contributed by atoms with Gasteiger partial charge in [-0.1, -0.05) is 41.4 Å². The van der Waals surface area contributed by atoms with E-state index in [4.69, 9.17) is 21.4 Å². The summed E-state index contributed by atoms with van der Waals surface area (Å²) in [6.45, 7) is 2.08. The summed E-state index contributed by atoms with van der Waals surface area (Å²) in [5, 5.41) is 9.62. The third kappa shape index (κ3) is 2.65. The second-order valence-corrected chi connectivity index (χ2v) is 5.44. The Morgan fingerprint density at radius 3 is 2.62 bits per heavy atom. The molecule has 0 unspecified atom stereocenters. The highest BCUT2D eigenvalue weighted by atomic mass is 35.5. The number of aliphatic carboxylic acids is 1. The van der Waals surface area contributed by atoms with Crippen LogP contribution in [-0.2, 0) is 4.79 Å². The zero-order chi connectivity index (χ0) is 15.0. The molecular weight excluding hydrogens is 288 g/mol. The van der Waals surface area contributed by atoms with Crippen molar-refractivity contribution >= 4 is 23.6 Å². The lowest BCUT2D eigenvalue weighted by Gasteiger charge is -2.20. The van der Waals surface area contributed by atoms with Crippen LogP contribution in [0.1, 0.15) is 11.1 Å². The van der Waals surface area contributed by atoms with Crippen LogP contribution in [0, 0.1) is 6.92 Å². The topological polar surface area (TPSA) is 46.5 Å². The Labute approximate surface area is 127 Å². The first-order valence-corrected chi connectivity index (χ1v) is 6.89.